The molecule has 3 heterocycles. The third kappa shape index (κ3) is 5.03. The number of amides is 1. The molecule has 0 aliphatic heterocycles. The van der Waals surface area contributed by atoms with Crippen LogP contribution < -0.4 is 15.8 Å². The number of rotatable bonds is 5. The van der Waals surface area contributed by atoms with E-state index in [1.165, 1.54) is 0 Å². The number of ether oxygens (including phenoxy) is 1. The van der Waals surface area contributed by atoms with Gasteiger partial charge in [0.15, 0.2) is 0 Å². The highest BCUT2D eigenvalue weighted by atomic mass is 16.5. The maximum absolute atomic E-state index is 12.0. The Hall–Kier alpha value is -3.66. The van der Waals surface area contributed by atoms with Gasteiger partial charge in [0.25, 0.3) is 0 Å². The van der Waals surface area contributed by atoms with Gasteiger partial charge < -0.3 is 15.8 Å². The Bertz CT molecular complexity index is 1090. The highest BCUT2D eigenvalue weighted by Gasteiger charge is 2.29. The third-order valence-electron chi connectivity index (χ3n) is 4.51. The Morgan fingerprint density at radius 1 is 1.33 bits per heavy atom. The molecule has 1 amide bonds. The quantitative estimate of drug-likeness (QED) is 0.623. The van der Waals surface area contributed by atoms with Crippen LogP contribution in [-0.2, 0) is 4.79 Å². The van der Waals surface area contributed by atoms with Crippen molar-refractivity contribution in [1.82, 2.24) is 15.0 Å². The van der Waals surface area contributed by atoms with E-state index in [0.717, 1.165) is 35.6 Å². The van der Waals surface area contributed by atoms with Gasteiger partial charge in [0, 0.05) is 36.3 Å². The minimum absolute atomic E-state index is 0.0185. The second kappa shape index (κ2) is 9.70. The summed E-state index contributed by atoms with van der Waals surface area (Å²) in [5.41, 5.74) is 7.56. The molecule has 0 atom stereocenters. The predicted octanol–water partition coefficient (Wildman–Crippen LogP) is 4.05. The van der Waals surface area contributed by atoms with Gasteiger partial charge in [0.1, 0.15) is 17.4 Å². The molecular formula is C23H25N5O2. The molecule has 154 valence electrons. The molecule has 1 aliphatic rings. The second-order valence-electron chi connectivity index (χ2n) is 6.81. The Labute approximate surface area is 176 Å². The molecule has 1 aliphatic carbocycles. The molecule has 4 rings (SSSR count). The van der Waals surface area contributed by atoms with E-state index < -0.39 is 0 Å². The van der Waals surface area contributed by atoms with Crippen molar-refractivity contribution < 1.29 is 9.53 Å². The number of nitrogens with one attached hydrogen (secondary N) is 1. The van der Waals surface area contributed by atoms with Crippen molar-refractivity contribution in [2.75, 3.05) is 17.7 Å². The number of carbonyl (C=O) groups is 1. The van der Waals surface area contributed by atoms with Gasteiger partial charge in [-0.15, -0.1) is 12.3 Å². The van der Waals surface area contributed by atoms with E-state index in [0.29, 0.717) is 29.7 Å². The standard InChI is InChI=1S/C19H19N5O2.C4H6/c1-2-26-16-5-6-21-9-14(16)15-7-12-8-17(24-19(25)11-3-4-11)22-10-13(12)18(20)23-15;1-3-4-2/h5-11H,2-4H2,1H3,(H2,20,23)(H,22,24,25);1H,4H2,2H3. The summed E-state index contributed by atoms with van der Waals surface area (Å²) in [6.45, 7) is 4.41. The Kier molecular flexibility index (Phi) is 6.81. The van der Waals surface area contributed by atoms with Crippen molar-refractivity contribution >= 4 is 28.3 Å². The van der Waals surface area contributed by atoms with E-state index >= 15 is 0 Å². The Morgan fingerprint density at radius 2 is 2.10 bits per heavy atom. The number of terminal acetylenes is 1. The van der Waals surface area contributed by atoms with Gasteiger partial charge >= 0.3 is 0 Å². The number of aromatic nitrogens is 3. The largest absolute Gasteiger partial charge is 0.493 e. The number of carbonyl (C=O) groups excluding carboxylic acids is 1. The average Bonchev–Trinajstić information content (AvgIpc) is 3.60. The summed E-state index contributed by atoms with van der Waals surface area (Å²) < 4.78 is 5.66. The fraction of sp³-hybridized carbons (Fsp3) is 0.304. The lowest BCUT2D eigenvalue weighted by atomic mass is 10.1. The third-order valence-corrected chi connectivity index (χ3v) is 4.51. The smallest absolute Gasteiger partial charge is 0.228 e. The zero-order valence-electron chi connectivity index (χ0n) is 17.2. The number of pyridine rings is 3. The number of nitrogen functional groups attached to an aromatic ring is 1. The van der Waals surface area contributed by atoms with Crippen LogP contribution in [0.2, 0.25) is 0 Å². The highest BCUT2D eigenvalue weighted by molar-refractivity contribution is 5.98. The van der Waals surface area contributed by atoms with Crippen LogP contribution in [0.25, 0.3) is 22.0 Å². The fourth-order valence-corrected chi connectivity index (χ4v) is 2.81. The van der Waals surface area contributed by atoms with Crippen LogP contribution >= 0.6 is 0 Å². The van der Waals surface area contributed by atoms with Crippen molar-refractivity contribution in [3.05, 3.63) is 36.8 Å². The molecule has 0 radical (unpaired) electrons. The van der Waals surface area contributed by atoms with Crippen LogP contribution in [0.5, 0.6) is 5.75 Å². The maximum Gasteiger partial charge on any atom is 0.228 e. The molecule has 3 aromatic heterocycles. The van der Waals surface area contributed by atoms with Gasteiger partial charge in [-0.2, -0.15) is 0 Å². The van der Waals surface area contributed by atoms with Crippen molar-refractivity contribution in [3.8, 4) is 29.4 Å². The number of nitrogens with zero attached hydrogens (tertiary/aromatic N) is 3. The Morgan fingerprint density at radius 3 is 2.77 bits per heavy atom. The predicted molar refractivity (Wildman–Crippen MR) is 119 cm³/mol. The first kappa shape index (κ1) is 21.1. The van der Waals surface area contributed by atoms with E-state index in [-0.39, 0.29) is 11.8 Å². The van der Waals surface area contributed by atoms with Gasteiger partial charge in [-0.1, -0.05) is 6.92 Å². The lowest BCUT2D eigenvalue weighted by molar-refractivity contribution is -0.117. The van der Waals surface area contributed by atoms with E-state index in [1.54, 1.807) is 24.7 Å². The van der Waals surface area contributed by atoms with Crippen LogP contribution in [-0.4, -0.2) is 27.5 Å². The summed E-state index contributed by atoms with van der Waals surface area (Å²) in [5.74, 6) is 4.16. The minimum Gasteiger partial charge on any atom is -0.493 e. The highest BCUT2D eigenvalue weighted by Crippen LogP contribution is 2.33. The zero-order valence-corrected chi connectivity index (χ0v) is 17.2. The summed E-state index contributed by atoms with van der Waals surface area (Å²) >= 11 is 0. The van der Waals surface area contributed by atoms with Crippen LogP contribution in [0.15, 0.2) is 36.8 Å². The molecule has 0 bridgehead atoms. The lowest BCUT2D eigenvalue weighted by Gasteiger charge is -2.11. The lowest BCUT2D eigenvalue weighted by Crippen LogP contribution is -2.14. The molecule has 3 aromatic rings. The molecule has 0 aromatic carbocycles. The van der Waals surface area contributed by atoms with Gasteiger partial charge in [0.2, 0.25) is 5.91 Å². The first-order valence-electron chi connectivity index (χ1n) is 9.95. The SMILES string of the molecule is C#CCC.CCOc1ccncc1-c1cc2cc(NC(=O)C3CC3)ncc2c(N)n1. The molecule has 3 N–H and O–H groups in total. The van der Waals surface area contributed by atoms with E-state index in [4.69, 9.17) is 16.9 Å². The molecule has 1 fully saturated rings. The molecule has 7 nitrogen and oxygen atoms in total. The summed E-state index contributed by atoms with van der Waals surface area (Å²) in [7, 11) is 0. The Balaban J connectivity index is 0.000000589. The molecule has 1 saturated carbocycles. The van der Waals surface area contributed by atoms with Gasteiger partial charge in [0.05, 0.1) is 17.9 Å². The van der Waals surface area contributed by atoms with Crippen LogP contribution in [0, 0.1) is 18.3 Å². The van der Waals surface area contributed by atoms with Crippen LogP contribution in [0.1, 0.15) is 33.1 Å². The molecule has 7 heteroatoms. The molecule has 0 saturated heterocycles. The monoisotopic (exact) mass is 403 g/mol. The minimum atomic E-state index is 0.0185. The van der Waals surface area contributed by atoms with E-state index in [2.05, 4.69) is 26.2 Å². The number of hydrogen-bond acceptors (Lipinski definition) is 6. The molecule has 0 unspecified atom stereocenters. The maximum atomic E-state index is 12.0. The number of nitrogens with two attached hydrogens (primary N) is 1. The van der Waals surface area contributed by atoms with Crippen molar-refractivity contribution in [3.63, 3.8) is 0 Å². The van der Waals surface area contributed by atoms with Gasteiger partial charge in [-0.25, -0.2) is 9.97 Å². The number of fused-ring (bicyclic) bond motifs is 1. The van der Waals surface area contributed by atoms with E-state index in [9.17, 15) is 4.79 Å². The molecule has 30 heavy (non-hydrogen) atoms. The number of anilines is 2. The summed E-state index contributed by atoms with van der Waals surface area (Å²) in [6, 6.07) is 5.52. The summed E-state index contributed by atoms with van der Waals surface area (Å²) in [5, 5.41) is 4.44. The fourth-order valence-electron chi connectivity index (χ4n) is 2.81. The summed E-state index contributed by atoms with van der Waals surface area (Å²) in [6.07, 6.45) is 12.5. The molecular weight excluding hydrogens is 378 g/mol. The average molecular weight is 403 g/mol. The second-order valence-corrected chi connectivity index (χ2v) is 6.81. The topological polar surface area (TPSA) is 103 Å². The first-order valence-corrected chi connectivity index (χ1v) is 9.95. The van der Waals surface area contributed by atoms with E-state index in [1.807, 2.05) is 26.0 Å². The van der Waals surface area contributed by atoms with Gasteiger partial charge in [-0.3, -0.25) is 9.78 Å². The first-order chi connectivity index (χ1) is 14.6. The van der Waals surface area contributed by atoms with Crippen LogP contribution in [0.3, 0.4) is 0 Å². The normalized spacial score (nSPS) is 12.4. The zero-order chi connectivity index (χ0) is 21.5. The van der Waals surface area contributed by atoms with Gasteiger partial charge in [-0.05, 0) is 43.4 Å². The summed E-state index contributed by atoms with van der Waals surface area (Å²) in [4.78, 5) is 24.9. The van der Waals surface area contributed by atoms with Crippen molar-refractivity contribution in [2.24, 2.45) is 5.92 Å². The van der Waals surface area contributed by atoms with Crippen LogP contribution in [0.4, 0.5) is 11.6 Å². The van der Waals surface area contributed by atoms with Crippen molar-refractivity contribution in [2.45, 2.75) is 33.1 Å². The van der Waals surface area contributed by atoms with Crippen molar-refractivity contribution in [1.29, 1.82) is 0 Å². The molecule has 0 spiro atoms. The number of hydrogen-bond donors (Lipinski definition) is 2.